The first kappa shape index (κ1) is 17.7. The second-order valence-corrected chi connectivity index (χ2v) is 7.14. The molecule has 1 aliphatic rings. The maximum atomic E-state index is 12.7. The normalized spacial score (nSPS) is 18.1. The summed E-state index contributed by atoms with van der Waals surface area (Å²) in [4.78, 5) is 28.6. The van der Waals surface area contributed by atoms with E-state index in [1.165, 1.54) is 0 Å². The average Bonchev–Trinajstić information content (AvgIpc) is 3.23. The summed E-state index contributed by atoms with van der Waals surface area (Å²) in [6, 6.07) is 0. The molecule has 0 aliphatic carbocycles. The summed E-state index contributed by atoms with van der Waals surface area (Å²) in [7, 11) is 4.19. The Morgan fingerprint density at radius 1 is 1.40 bits per heavy atom. The molecule has 7 nitrogen and oxygen atoms in total. The van der Waals surface area contributed by atoms with E-state index in [1.54, 1.807) is 6.20 Å². The molecule has 0 bridgehead atoms. The third-order valence-corrected chi connectivity index (χ3v) is 4.73. The summed E-state index contributed by atoms with van der Waals surface area (Å²) >= 11 is 0. The molecule has 1 saturated heterocycles. The number of hydrogen-bond acceptors (Lipinski definition) is 4. The van der Waals surface area contributed by atoms with Gasteiger partial charge in [-0.25, -0.2) is 9.97 Å². The fourth-order valence-electron chi connectivity index (χ4n) is 3.47. The molecule has 136 valence electrons. The van der Waals surface area contributed by atoms with Gasteiger partial charge in [-0.1, -0.05) is 0 Å². The van der Waals surface area contributed by atoms with E-state index in [0.29, 0.717) is 18.3 Å². The zero-order valence-corrected chi connectivity index (χ0v) is 15.4. The van der Waals surface area contributed by atoms with Crippen LogP contribution in [-0.4, -0.2) is 69.0 Å². The molecule has 0 spiro atoms. The van der Waals surface area contributed by atoms with Gasteiger partial charge in [0.25, 0.3) is 5.91 Å². The van der Waals surface area contributed by atoms with Gasteiger partial charge in [0, 0.05) is 49.8 Å². The Bertz CT molecular complexity index is 704. The Kier molecular flexibility index (Phi) is 5.53. The Hall–Kier alpha value is -2.15. The van der Waals surface area contributed by atoms with Crippen LogP contribution in [0.25, 0.3) is 0 Å². The van der Waals surface area contributed by atoms with Crippen molar-refractivity contribution in [2.75, 3.05) is 33.7 Å². The zero-order valence-electron chi connectivity index (χ0n) is 15.4. The number of aryl methyl sites for hydroxylation is 2. The number of aromatic amines is 1. The lowest BCUT2D eigenvalue weighted by atomic mass is 9.97. The Morgan fingerprint density at radius 3 is 2.96 bits per heavy atom. The third-order valence-electron chi connectivity index (χ3n) is 4.73. The summed E-state index contributed by atoms with van der Waals surface area (Å²) in [5.41, 5.74) is 0.911. The van der Waals surface area contributed by atoms with Gasteiger partial charge >= 0.3 is 0 Å². The van der Waals surface area contributed by atoms with E-state index in [2.05, 4.69) is 44.7 Å². The molecule has 1 N–H and O–H groups in total. The minimum atomic E-state index is -0.0106. The van der Waals surface area contributed by atoms with Gasteiger partial charge < -0.3 is 19.4 Å². The topological polar surface area (TPSA) is 70.1 Å². The molecule has 1 amide bonds. The van der Waals surface area contributed by atoms with Crippen molar-refractivity contribution in [3.63, 3.8) is 0 Å². The first-order valence-electron chi connectivity index (χ1n) is 9.01. The SMILES string of the molecule is Cc1cnc(C(=O)N2CCC[C@@H](c3nccn3CCCN(C)C)C2)[nH]1. The van der Waals surface area contributed by atoms with Crippen LogP contribution in [0.3, 0.4) is 0 Å². The van der Waals surface area contributed by atoms with Gasteiger partial charge in [-0.2, -0.15) is 0 Å². The van der Waals surface area contributed by atoms with Crippen molar-refractivity contribution in [3.8, 4) is 0 Å². The molecule has 2 aromatic heterocycles. The number of hydrogen-bond donors (Lipinski definition) is 1. The van der Waals surface area contributed by atoms with E-state index in [1.807, 2.05) is 18.0 Å². The lowest BCUT2D eigenvalue weighted by Crippen LogP contribution is -2.40. The van der Waals surface area contributed by atoms with Gasteiger partial charge in [0.15, 0.2) is 5.82 Å². The molecule has 0 radical (unpaired) electrons. The van der Waals surface area contributed by atoms with Crippen molar-refractivity contribution in [2.24, 2.45) is 0 Å². The second kappa shape index (κ2) is 7.82. The van der Waals surface area contributed by atoms with Gasteiger partial charge in [-0.15, -0.1) is 0 Å². The predicted octanol–water partition coefficient (Wildman–Crippen LogP) is 1.89. The van der Waals surface area contributed by atoms with Gasteiger partial charge in [-0.05, 0) is 46.8 Å². The molecule has 0 unspecified atom stereocenters. The van der Waals surface area contributed by atoms with Gasteiger partial charge in [0.05, 0.1) is 0 Å². The number of nitrogens with zero attached hydrogens (tertiary/aromatic N) is 5. The standard InChI is InChI=1S/C18H28N6O/c1-14-12-20-16(21-14)18(25)24-9-4-6-15(13-24)17-19-7-11-23(17)10-5-8-22(2)3/h7,11-12,15H,4-6,8-10,13H2,1-3H3,(H,20,21)/t15-/m1/s1. The van der Waals surface area contributed by atoms with Gasteiger partial charge in [-0.3, -0.25) is 4.79 Å². The summed E-state index contributed by atoms with van der Waals surface area (Å²) in [5, 5.41) is 0. The highest BCUT2D eigenvalue weighted by Crippen LogP contribution is 2.26. The molecule has 1 atom stereocenters. The van der Waals surface area contributed by atoms with Crippen molar-refractivity contribution in [3.05, 3.63) is 35.9 Å². The molecule has 3 rings (SSSR count). The van der Waals surface area contributed by atoms with Crippen LogP contribution in [0.15, 0.2) is 18.6 Å². The smallest absolute Gasteiger partial charge is 0.289 e. The number of nitrogens with one attached hydrogen (secondary N) is 1. The highest BCUT2D eigenvalue weighted by atomic mass is 16.2. The summed E-state index contributed by atoms with van der Waals surface area (Å²) in [5.74, 6) is 1.82. The molecule has 3 heterocycles. The van der Waals surface area contributed by atoms with Crippen LogP contribution in [0, 0.1) is 6.92 Å². The van der Waals surface area contributed by atoms with E-state index >= 15 is 0 Å². The van der Waals surface area contributed by atoms with Crippen LogP contribution >= 0.6 is 0 Å². The maximum Gasteiger partial charge on any atom is 0.289 e. The van der Waals surface area contributed by atoms with E-state index < -0.39 is 0 Å². The van der Waals surface area contributed by atoms with Gasteiger partial charge in [0.2, 0.25) is 0 Å². The Labute approximate surface area is 149 Å². The van der Waals surface area contributed by atoms with E-state index in [9.17, 15) is 4.79 Å². The van der Waals surface area contributed by atoms with E-state index in [4.69, 9.17) is 0 Å². The van der Waals surface area contributed by atoms with Crippen molar-refractivity contribution < 1.29 is 4.79 Å². The van der Waals surface area contributed by atoms with Crippen LogP contribution in [0.2, 0.25) is 0 Å². The molecule has 0 aromatic carbocycles. The second-order valence-electron chi connectivity index (χ2n) is 7.14. The average molecular weight is 344 g/mol. The summed E-state index contributed by atoms with van der Waals surface area (Å²) < 4.78 is 2.25. The Balaban J connectivity index is 1.65. The van der Waals surface area contributed by atoms with Crippen LogP contribution < -0.4 is 0 Å². The zero-order chi connectivity index (χ0) is 17.8. The van der Waals surface area contributed by atoms with Crippen molar-refractivity contribution in [2.45, 2.75) is 38.6 Å². The van der Waals surface area contributed by atoms with Crippen LogP contribution in [0.4, 0.5) is 0 Å². The van der Waals surface area contributed by atoms with Crippen molar-refractivity contribution in [1.82, 2.24) is 29.3 Å². The summed E-state index contributed by atoms with van der Waals surface area (Å²) in [6.45, 7) is 5.44. The van der Waals surface area contributed by atoms with Crippen LogP contribution in [0.5, 0.6) is 0 Å². The number of carbonyl (C=O) groups is 1. The number of H-pyrrole nitrogens is 1. The molecule has 25 heavy (non-hydrogen) atoms. The number of piperidine rings is 1. The molecule has 0 saturated carbocycles. The monoisotopic (exact) mass is 344 g/mol. The Morgan fingerprint density at radius 2 is 2.24 bits per heavy atom. The number of rotatable bonds is 6. The molecule has 2 aromatic rings. The van der Waals surface area contributed by atoms with E-state index in [-0.39, 0.29) is 5.91 Å². The number of carbonyl (C=O) groups excluding carboxylic acids is 1. The molecular weight excluding hydrogens is 316 g/mol. The lowest BCUT2D eigenvalue weighted by molar-refractivity contribution is 0.0691. The highest BCUT2D eigenvalue weighted by molar-refractivity contribution is 5.90. The van der Waals surface area contributed by atoms with Crippen molar-refractivity contribution in [1.29, 1.82) is 0 Å². The third kappa shape index (κ3) is 4.28. The number of aromatic nitrogens is 4. The quantitative estimate of drug-likeness (QED) is 0.869. The van der Waals surface area contributed by atoms with Crippen LogP contribution in [0.1, 0.15) is 47.3 Å². The minimum absolute atomic E-state index is 0.0106. The first-order valence-corrected chi connectivity index (χ1v) is 9.01. The number of imidazole rings is 2. The first-order chi connectivity index (χ1) is 12.0. The fourth-order valence-corrected chi connectivity index (χ4v) is 3.47. The molecule has 1 fully saturated rings. The predicted molar refractivity (Wildman–Crippen MR) is 96.6 cm³/mol. The number of likely N-dealkylation sites (tertiary alicyclic amines) is 1. The molecular formula is C18H28N6O. The fraction of sp³-hybridized carbons (Fsp3) is 0.611. The number of amides is 1. The maximum absolute atomic E-state index is 12.7. The van der Waals surface area contributed by atoms with Gasteiger partial charge in [0.1, 0.15) is 5.82 Å². The minimum Gasteiger partial charge on any atom is -0.338 e. The van der Waals surface area contributed by atoms with Crippen LogP contribution in [-0.2, 0) is 6.54 Å². The summed E-state index contributed by atoms with van der Waals surface area (Å²) in [6.07, 6.45) is 8.80. The molecule has 1 aliphatic heterocycles. The highest BCUT2D eigenvalue weighted by Gasteiger charge is 2.29. The van der Waals surface area contributed by atoms with Crippen molar-refractivity contribution >= 4 is 5.91 Å². The largest absolute Gasteiger partial charge is 0.338 e. The molecule has 7 heteroatoms. The van der Waals surface area contributed by atoms with E-state index in [0.717, 1.165) is 50.4 Å². The lowest BCUT2D eigenvalue weighted by Gasteiger charge is -2.32.